The zero-order valence-electron chi connectivity index (χ0n) is 16.7. The first kappa shape index (κ1) is 18.9. The molecule has 8 heteroatoms. The molecule has 3 aromatic heterocycles. The Morgan fingerprint density at radius 1 is 1.17 bits per heavy atom. The number of hydrogen-bond donors (Lipinski definition) is 0. The molecule has 1 fully saturated rings. The molecule has 0 bridgehead atoms. The number of halogens is 2. The molecule has 0 amide bonds. The number of benzene rings is 1. The van der Waals surface area contributed by atoms with Crippen LogP contribution >= 0.6 is 11.6 Å². The summed E-state index contributed by atoms with van der Waals surface area (Å²) in [6, 6.07) is 6.26. The molecule has 4 aromatic rings. The van der Waals surface area contributed by atoms with Gasteiger partial charge < -0.3 is 0 Å². The van der Waals surface area contributed by atoms with Gasteiger partial charge in [0, 0.05) is 42.5 Å². The number of pyridine rings is 1. The van der Waals surface area contributed by atoms with Crippen molar-refractivity contribution in [3.05, 3.63) is 74.9 Å². The fourth-order valence-corrected chi connectivity index (χ4v) is 4.14. The smallest absolute Gasteiger partial charge is 0.261 e. The number of fused-ring (bicyclic) bond motifs is 1. The van der Waals surface area contributed by atoms with Crippen molar-refractivity contribution in [2.75, 3.05) is 0 Å². The number of hydrogen-bond acceptors (Lipinski definition) is 4. The lowest BCUT2D eigenvalue weighted by Crippen LogP contribution is -2.21. The summed E-state index contributed by atoms with van der Waals surface area (Å²) in [5, 5.41) is 4.99. The Bertz CT molecular complexity index is 1380. The average molecular weight is 424 g/mol. The van der Waals surface area contributed by atoms with Crippen molar-refractivity contribution in [2.45, 2.75) is 25.2 Å². The van der Waals surface area contributed by atoms with E-state index in [2.05, 4.69) is 10.1 Å². The Labute approximate surface area is 177 Å². The molecule has 0 spiro atoms. The van der Waals surface area contributed by atoms with Crippen molar-refractivity contribution < 1.29 is 4.39 Å². The van der Waals surface area contributed by atoms with Gasteiger partial charge in [0.25, 0.3) is 5.56 Å². The van der Waals surface area contributed by atoms with E-state index in [1.807, 2.05) is 25.5 Å². The first-order chi connectivity index (χ1) is 14.3. The molecule has 0 unspecified atom stereocenters. The van der Waals surface area contributed by atoms with E-state index < -0.39 is 5.82 Å². The van der Waals surface area contributed by atoms with Gasteiger partial charge in [0.2, 0.25) is 0 Å². The highest BCUT2D eigenvalue weighted by atomic mass is 35.5. The topological polar surface area (TPSA) is 65.6 Å². The van der Waals surface area contributed by atoms with Gasteiger partial charge in [-0.1, -0.05) is 11.6 Å². The van der Waals surface area contributed by atoms with Gasteiger partial charge in [0.1, 0.15) is 17.2 Å². The molecule has 0 N–H and O–H groups in total. The summed E-state index contributed by atoms with van der Waals surface area (Å²) < 4.78 is 18.1. The highest BCUT2D eigenvalue weighted by Gasteiger charge is 2.42. The van der Waals surface area contributed by atoms with Gasteiger partial charge in [0.15, 0.2) is 0 Å². The van der Waals surface area contributed by atoms with Crippen molar-refractivity contribution in [3.8, 4) is 11.3 Å². The summed E-state index contributed by atoms with van der Waals surface area (Å²) >= 11 is 5.94. The van der Waals surface area contributed by atoms with E-state index >= 15 is 0 Å². The van der Waals surface area contributed by atoms with Gasteiger partial charge in [-0.05, 0) is 49.1 Å². The van der Waals surface area contributed by atoms with Crippen molar-refractivity contribution in [1.82, 2.24) is 24.3 Å². The van der Waals surface area contributed by atoms with E-state index in [-0.39, 0.29) is 23.0 Å². The van der Waals surface area contributed by atoms with E-state index in [0.29, 0.717) is 27.4 Å². The van der Waals surface area contributed by atoms with Crippen LogP contribution < -0.4 is 5.56 Å². The first-order valence-corrected chi connectivity index (χ1v) is 10.0. The second-order valence-electron chi connectivity index (χ2n) is 7.84. The average Bonchev–Trinajstić information content (AvgIpc) is 3.39. The summed E-state index contributed by atoms with van der Waals surface area (Å²) in [6.07, 6.45) is 4.76. The van der Waals surface area contributed by atoms with Crippen LogP contribution in [0.4, 0.5) is 4.39 Å². The molecular weight excluding hydrogens is 405 g/mol. The number of aryl methyl sites for hydroxylation is 2. The highest BCUT2D eigenvalue weighted by molar-refractivity contribution is 6.30. The summed E-state index contributed by atoms with van der Waals surface area (Å²) in [5.74, 6) is 0.484. The van der Waals surface area contributed by atoms with Crippen LogP contribution in [-0.4, -0.2) is 24.3 Å². The van der Waals surface area contributed by atoms with E-state index in [1.165, 1.54) is 10.6 Å². The Kier molecular flexibility index (Phi) is 4.25. The predicted octanol–water partition coefficient (Wildman–Crippen LogP) is 4.10. The minimum Gasteiger partial charge on any atom is -0.299 e. The fraction of sp³-hybridized carbons (Fsp3) is 0.273. The van der Waals surface area contributed by atoms with Crippen molar-refractivity contribution >= 4 is 22.5 Å². The molecule has 152 valence electrons. The minimum absolute atomic E-state index is 0.152. The predicted molar refractivity (Wildman–Crippen MR) is 113 cm³/mol. The number of nitrogens with zero attached hydrogens (tertiary/aromatic N) is 5. The zero-order valence-corrected chi connectivity index (χ0v) is 17.5. The third-order valence-corrected chi connectivity index (χ3v) is 6.05. The monoisotopic (exact) mass is 423 g/mol. The molecule has 0 saturated heterocycles. The van der Waals surface area contributed by atoms with Crippen LogP contribution in [0.25, 0.3) is 22.2 Å². The van der Waals surface area contributed by atoms with Gasteiger partial charge in [0.05, 0.1) is 17.3 Å². The van der Waals surface area contributed by atoms with Gasteiger partial charge in [-0.15, -0.1) is 0 Å². The molecule has 1 aromatic carbocycles. The second-order valence-corrected chi connectivity index (χ2v) is 8.27. The van der Waals surface area contributed by atoms with E-state index in [4.69, 9.17) is 16.6 Å². The van der Waals surface area contributed by atoms with Crippen LogP contribution in [0.5, 0.6) is 0 Å². The SMILES string of the molecule is Cc1nc2c(-c3ccc(Cl)cc3F)nc([C@@H]3C[C@H]3c3cnn(C)c3)cc2c(=O)n1C. The third-order valence-electron chi connectivity index (χ3n) is 5.82. The lowest BCUT2D eigenvalue weighted by Gasteiger charge is -2.12. The molecule has 6 nitrogen and oxygen atoms in total. The third kappa shape index (κ3) is 3.01. The molecule has 30 heavy (non-hydrogen) atoms. The number of rotatable bonds is 3. The molecule has 5 rings (SSSR count). The lowest BCUT2D eigenvalue weighted by molar-refractivity contribution is 0.631. The van der Waals surface area contributed by atoms with E-state index in [9.17, 15) is 9.18 Å². The van der Waals surface area contributed by atoms with Crippen molar-refractivity contribution in [2.24, 2.45) is 14.1 Å². The fourth-order valence-electron chi connectivity index (χ4n) is 3.98. The Morgan fingerprint density at radius 3 is 2.67 bits per heavy atom. The van der Waals surface area contributed by atoms with Gasteiger partial charge >= 0.3 is 0 Å². The van der Waals surface area contributed by atoms with Gasteiger partial charge in [-0.25, -0.2) is 9.37 Å². The van der Waals surface area contributed by atoms with E-state index in [0.717, 1.165) is 17.7 Å². The maximum Gasteiger partial charge on any atom is 0.261 e. The zero-order chi connectivity index (χ0) is 21.2. The summed E-state index contributed by atoms with van der Waals surface area (Å²) in [6.45, 7) is 1.75. The summed E-state index contributed by atoms with van der Waals surface area (Å²) in [4.78, 5) is 22.4. The molecule has 1 aliphatic rings. The number of aromatic nitrogens is 5. The highest BCUT2D eigenvalue weighted by Crippen LogP contribution is 2.54. The molecular formula is C22H19ClFN5O. The Morgan fingerprint density at radius 2 is 1.97 bits per heavy atom. The quantitative estimate of drug-likeness (QED) is 0.497. The first-order valence-electron chi connectivity index (χ1n) is 9.65. The van der Waals surface area contributed by atoms with Crippen LogP contribution in [0.1, 0.15) is 35.3 Å². The van der Waals surface area contributed by atoms with Gasteiger partial charge in [-0.2, -0.15) is 5.10 Å². The Hall–Kier alpha value is -3.06. The standard InChI is InChI=1S/C22H19ClFN5O/c1-11-26-21-17(22(30)29(11)3)8-19(16-7-15(16)12-9-25-28(2)10-12)27-20(21)14-5-4-13(23)6-18(14)24/h4-6,8-10,15-16H,7H2,1-3H3/t15-,16+/m0/s1. The normalized spacial score (nSPS) is 18.2. The Balaban J connectivity index is 1.73. The molecule has 0 aliphatic heterocycles. The molecule has 1 aliphatic carbocycles. The molecule has 1 saturated carbocycles. The van der Waals surface area contributed by atoms with Crippen LogP contribution in [0, 0.1) is 12.7 Å². The van der Waals surface area contributed by atoms with E-state index in [1.54, 1.807) is 30.8 Å². The minimum atomic E-state index is -0.492. The maximum absolute atomic E-state index is 14.8. The van der Waals surface area contributed by atoms with Crippen LogP contribution in [-0.2, 0) is 14.1 Å². The second kappa shape index (κ2) is 6.74. The molecule has 0 radical (unpaired) electrons. The summed E-state index contributed by atoms with van der Waals surface area (Å²) in [5.41, 5.74) is 2.79. The summed E-state index contributed by atoms with van der Waals surface area (Å²) in [7, 11) is 3.57. The van der Waals surface area contributed by atoms with Crippen LogP contribution in [0.3, 0.4) is 0 Å². The van der Waals surface area contributed by atoms with Crippen LogP contribution in [0.2, 0.25) is 5.02 Å². The molecule has 3 heterocycles. The molecule has 2 atom stereocenters. The van der Waals surface area contributed by atoms with Crippen molar-refractivity contribution in [1.29, 1.82) is 0 Å². The maximum atomic E-state index is 14.8. The van der Waals surface area contributed by atoms with Crippen LogP contribution in [0.15, 0.2) is 41.5 Å². The van der Waals surface area contributed by atoms with Gasteiger partial charge in [-0.3, -0.25) is 19.0 Å². The largest absolute Gasteiger partial charge is 0.299 e. The van der Waals surface area contributed by atoms with Crippen molar-refractivity contribution in [3.63, 3.8) is 0 Å². The lowest BCUT2D eigenvalue weighted by atomic mass is 10.0.